The van der Waals surface area contributed by atoms with Crippen LogP contribution >= 0.6 is 0 Å². The molecule has 4 rings (SSSR count). The van der Waals surface area contributed by atoms with Crippen molar-refractivity contribution in [3.8, 4) is 0 Å². The molecule has 0 aliphatic carbocycles. The third-order valence-corrected chi connectivity index (χ3v) is 9.83. The van der Waals surface area contributed by atoms with E-state index in [1.165, 1.54) is 18.2 Å². The van der Waals surface area contributed by atoms with E-state index < -0.39 is 30.7 Å². The predicted octanol–water partition coefficient (Wildman–Crippen LogP) is 0.627. The van der Waals surface area contributed by atoms with Crippen LogP contribution in [0.5, 0.6) is 0 Å². The Morgan fingerprint density at radius 3 is 2.43 bits per heavy atom. The SMILES string of the molecule is O=C(c1cccc(S(=O)(=O)[C@@H]2CCS(=O)(=O)C2)c1)N1CCC2(CC1)OCCO2. The Bertz CT molecular complexity index is 971. The maximum atomic E-state index is 12.9. The van der Waals surface area contributed by atoms with Crippen LogP contribution in [0.3, 0.4) is 0 Å². The molecule has 0 saturated carbocycles. The number of piperidine rings is 1. The topological polar surface area (TPSA) is 107 Å². The largest absolute Gasteiger partial charge is 0.347 e. The number of ether oxygens (including phenoxy) is 2. The number of nitrogens with zero attached hydrogens (tertiary/aromatic N) is 1. The van der Waals surface area contributed by atoms with Gasteiger partial charge in [0.2, 0.25) is 0 Å². The Morgan fingerprint density at radius 2 is 1.82 bits per heavy atom. The fraction of sp³-hybridized carbons (Fsp3) is 0.611. The fourth-order valence-electron chi connectivity index (χ4n) is 4.02. The van der Waals surface area contributed by atoms with Gasteiger partial charge in [0.1, 0.15) is 0 Å². The molecule has 3 heterocycles. The average Bonchev–Trinajstić information content (AvgIpc) is 3.28. The van der Waals surface area contributed by atoms with Crippen LogP contribution in [0, 0.1) is 0 Å². The lowest BCUT2D eigenvalue weighted by Crippen LogP contribution is -2.47. The minimum absolute atomic E-state index is 0.00334. The number of carbonyl (C=O) groups excluding carboxylic acids is 1. The number of sulfone groups is 2. The first-order valence-electron chi connectivity index (χ1n) is 9.32. The number of hydrogen-bond donors (Lipinski definition) is 0. The van der Waals surface area contributed by atoms with E-state index in [1.54, 1.807) is 11.0 Å². The average molecular weight is 430 g/mol. The standard InChI is InChI=1S/C18H23NO7S2/c20-17(19-7-5-18(6-8-19)25-9-10-26-18)14-2-1-3-15(12-14)28(23,24)16-4-11-27(21,22)13-16/h1-3,12,16H,4-11,13H2/t16-/m1/s1. The zero-order valence-corrected chi connectivity index (χ0v) is 17.0. The molecule has 1 amide bonds. The van der Waals surface area contributed by atoms with Crippen LogP contribution in [0.15, 0.2) is 29.2 Å². The van der Waals surface area contributed by atoms with Crippen LogP contribution in [0.1, 0.15) is 29.6 Å². The van der Waals surface area contributed by atoms with E-state index in [-0.39, 0.29) is 34.3 Å². The molecule has 1 aromatic rings. The van der Waals surface area contributed by atoms with E-state index in [4.69, 9.17) is 9.47 Å². The van der Waals surface area contributed by atoms with Crippen molar-refractivity contribution >= 4 is 25.6 Å². The van der Waals surface area contributed by atoms with Crippen LogP contribution in [-0.4, -0.2) is 76.5 Å². The molecule has 1 spiro atoms. The Morgan fingerprint density at radius 1 is 1.14 bits per heavy atom. The maximum Gasteiger partial charge on any atom is 0.253 e. The van der Waals surface area contributed by atoms with Crippen molar-refractivity contribution in [2.24, 2.45) is 0 Å². The van der Waals surface area contributed by atoms with Gasteiger partial charge in [-0.25, -0.2) is 16.8 Å². The monoisotopic (exact) mass is 429 g/mol. The van der Waals surface area contributed by atoms with Gasteiger partial charge < -0.3 is 14.4 Å². The molecule has 10 heteroatoms. The third kappa shape index (κ3) is 3.70. The number of rotatable bonds is 3. The minimum atomic E-state index is -3.80. The lowest BCUT2D eigenvalue weighted by atomic mass is 10.0. The van der Waals surface area contributed by atoms with E-state index in [1.807, 2.05) is 0 Å². The number of amides is 1. The van der Waals surface area contributed by atoms with Crippen LogP contribution in [0.4, 0.5) is 0 Å². The molecule has 3 aliphatic heterocycles. The Kier molecular flexibility index (Phi) is 5.01. The number of carbonyl (C=O) groups is 1. The first-order chi connectivity index (χ1) is 13.2. The number of likely N-dealkylation sites (tertiary alicyclic amines) is 1. The highest BCUT2D eigenvalue weighted by molar-refractivity contribution is 7.96. The summed E-state index contributed by atoms with van der Waals surface area (Å²) in [5, 5.41) is -0.950. The number of benzene rings is 1. The van der Waals surface area contributed by atoms with Gasteiger partial charge in [0, 0.05) is 31.5 Å². The first kappa shape index (κ1) is 19.8. The van der Waals surface area contributed by atoms with Gasteiger partial charge in [0.05, 0.1) is 34.9 Å². The van der Waals surface area contributed by atoms with Crippen LogP contribution < -0.4 is 0 Å². The van der Waals surface area contributed by atoms with Crippen molar-refractivity contribution in [3.05, 3.63) is 29.8 Å². The molecule has 1 aromatic carbocycles. The highest BCUT2D eigenvalue weighted by Gasteiger charge is 2.41. The van der Waals surface area contributed by atoms with Crippen molar-refractivity contribution in [1.82, 2.24) is 4.90 Å². The fourth-order valence-corrected chi connectivity index (χ4v) is 8.43. The van der Waals surface area contributed by atoms with Gasteiger partial charge in [-0.1, -0.05) is 6.07 Å². The van der Waals surface area contributed by atoms with Crippen molar-refractivity contribution in [1.29, 1.82) is 0 Å². The smallest absolute Gasteiger partial charge is 0.253 e. The predicted molar refractivity (Wildman–Crippen MR) is 100 cm³/mol. The summed E-state index contributed by atoms with van der Waals surface area (Å²) in [6.45, 7) is 2.06. The molecule has 28 heavy (non-hydrogen) atoms. The van der Waals surface area contributed by atoms with E-state index in [0.717, 1.165) is 0 Å². The minimum Gasteiger partial charge on any atom is -0.347 e. The zero-order chi connectivity index (χ0) is 20.0. The normalized spacial score (nSPS) is 26.6. The molecule has 3 fully saturated rings. The molecule has 0 N–H and O–H groups in total. The summed E-state index contributed by atoms with van der Waals surface area (Å²) in [6.07, 6.45) is 1.25. The van der Waals surface area contributed by atoms with Gasteiger partial charge in [-0.2, -0.15) is 0 Å². The van der Waals surface area contributed by atoms with Gasteiger partial charge in [-0.05, 0) is 24.6 Å². The molecule has 3 saturated heterocycles. The van der Waals surface area contributed by atoms with Crippen molar-refractivity contribution < 1.29 is 31.1 Å². The van der Waals surface area contributed by atoms with Crippen LogP contribution in [0.25, 0.3) is 0 Å². The second-order valence-electron chi connectivity index (χ2n) is 7.50. The van der Waals surface area contributed by atoms with Gasteiger partial charge >= 0.3 is 0 Å². The first-order valence-corrected chi connectivity index (χ1v) is 12.7. The molecule has 3 aliphatic rings. The molecule has 0 aromatic heterocycles. The molecular formula is C18H23NO7S2. The summed E-state index contributed by atoms with van der Waals surface area (Å²) in [7, 11) is -7.12. The van der Waals surface area contributed by atoms with Crippen molar-refractivity contribution in [3.63, 3.8) is 0 Å². The summed E-state index contributed by atoms with van der Waals surface area (Å²) in [4.78, 5) is 14.5. The molecule has 0 radical (unpaired) electrons. The molecular weight excluding hydrogens is 406 g/mol. The van der Waals surface area contributed by atoms with Crippen molar-refractivity contribution in [2.75, 3.05) is 37.8 Å². The molecule has 154 valence electrons. The van der Waals surface area contributed by atoms with Crippen molar-refractivity contribution in [2.45, 2.75) is 35.2 Å². The highest BCUT2D eigenvalue weighted by atomic mass is 32.2. The molecule has 0 unspecified atom stereocenters. The lowest BCUT2D eigenvalue weighted by molar-refractivity contribution is -0.181. The van der Waals surface area contributed by atoms with Gasteiger partial charge in [0.25, 0.3) is 5.91 Å². The highest BCUT2D eigenvalue weighted by Crippen LogP contribution is 2.32. The Balaban J connectivity index is 1.50. The third-order valence-electron chi connectivity index (χ3n) is 5.67. The summed E-state index contributed by atoms with van der Waals surface area (Å²) >= 11 is 0. The Labute approximate surface area is 164 Å². The summed E-state index contributed by atoms with van der Waals surface area (Å²) in [5.41, 5.74) is 0.283. The van der Waals surface area contributed by atoms with E-state index in [2.05, 4.69) is 0 Å². The maximum absolute atomic E-state index is 12.9. The lowest BCUT2D eigenvalue weighted by Gasteiger charge is -2.37. The van der Waals surface area contributed by atoms with E-state index in [0.29, 0.717) is 39.1 Å². The molecule has 8 nitrogen and oxygen atoms in total. The Hall–Kier alpha value is -1.49. The van der Waals surface area contributed by atoms with Gasteiger partial charge in [-0.15, -0.1) is 0 Å². The molecule has 0 bridgehead atoms. The summed E-state index contributed by atoms with van der Waals surface area (Å²) in [5.74, 6) is -1.31. The second kappa shape index (κ2) is 7.08. The van der Waals surface area contributed by atoms with Crippen LogP contribution in [-0.2, 0) is 29.1 Å². The van der Waals surface area contributed by atoms with E-state index in [9.17, 15) is 21.6 Å². The quantitative estimate of drug-likeness (QED) is 0.693. The molecule has 1 atom stereocenters. The van der Waals surface area contributed by atoms with Gasteiger partial charge in [-0.3, -0.25) is 4.79 Å². The van der Waals surface area contributed by atoms with Gasteiger partial charge in [0.15, 0.2) is 25.5 Å². The second-order valence-corrected chi connectivity index (χ2v) is 12.0. The number of hydrogen-bond acceptors (Lipinski definition) is 7. The summed E-state index contributed by atoms with van der Waals surface area (Å²) in [6, 6.07) is 5.88. The zero-order valence-electron chi connectivity index (χ0n) is 15.4. The van der Waals surface area contributed by atoms with Crippen LogP contribution in [0.2, 0.25) is 0 Å². The summed E-state index contributed by atoms with van der Waals surface area (Å²) < 4.78 is 60.3. The van der Waals surface area contributed by atoms with E-state index >= 15 is 0 Å².